The fraction of sp³-hybridized carbons (Fsp3) is 0.444. The Kier molecular flexibility index (Phi) is 6.45. The van der Waals surface area contributed by atoms with E-state index in [2.05, 4.69) is 6.92 Å². The molecule has 32 heavy (non-hydrogen) atoms. The summed E-state index contributed by atoms with van der Waals surface area (Å²) in [7, 11) is 0. The van der Waals surface area contributed by atoms with E-state index in [0.29, 0.717) is 18.0 Å². The Labute approximate surface area is 190 Å². The number of nitrogens with zero attached hydrogens (tertiary/aromatic N) is 2. The summed E-state index contributed by atoms with van der Waals surface area (Å²) in [6.45, 7) is 4.69. The molecule has 5 heteroatoms. The van der Waals surface area contributed by atoms with Crippen LogP contribution in [0.1, 0.15) is 74.7 Å². The summed E-state index contributed by atoms with van der Waals surface area (Å²) in [6, 6.07) is 14.9. The van der Waals surface area contributed by atoms with E-state index >= 15 is 0 Å². The third kappa shape index (κ3) is 4.21. The molecule has 2 aromatic carbocycles. The summed E-state index contributed by atoms with van der Waals surface area (Å²) in [5.41, 5.74) is 2.24. The molecule has 1 aliphatic carbocycles. The molecular weight excluding hydrogens is 400 g/mol. The molecular formula is C27H32N2O3. The number of carboxylic acids is 1. The first-order chi connectivity index (χ1) is 15.4. The molecule has 1 heterocycles. The molecule has 1 saturated carbocycles. The van der Waals surface area contributed by atoms with Gasteiger partial charge in [-0.3, -0.25) is 14.7 Å². The molecule has 0 unspecified atom stereocenters. The van der Waals surface area contributed by atoms with Crippen molar-refractivity contribution < 1.29 is 14.7 Å². The molecule has 1 amide bonds. The van der Waals surface area contributed by atoms with Gasteiger partial charge < -0.3 is 5.11 Å². The highest BCUT2D eigenvalue weighted by molar-refractivity contribution is 6.08. The van der Waals surface area contributed by atoms with Crippen LogP contribution in [-0.2, 0) is 11.3 Å². The molecule has 2 aliphatic rings. The summed E-state index contributed by atoms with van der Waals surface area (Å²) < 4.78 is 0. The standard InChI is InChI=1S/C27H32N2O3/c1-3-4-13-24-28-27(2,21-9-5-6-10-21)26(32)29(24)18-19-14-16-20(17-15-19)22-11-7-8-12-23(22)25(30)31/h7-8,11-12,14-17,21H,3-6,9-10,13,18H2,1-2H3,(H,30,31)/t27-/m1/s1. The molecule has 0 aromatic heterocycles. The van der Waals surface area contributed by atoms with Crippen LogP contribution in [-0.4, -0.2) is 33.3 Å². The first-order valence-corrected chi connectivity index (χ1v) is 11.8. The quantitative estimate of drug-likeness (QED) is 0.562. The monoisotopic (exact) mass is 432 g/mol. The molecule has 1 fully saturated rings. The van der Waals surface area contributed by atoms with Gasteiger partial charge in [-0.2, -0.15) is 0 Å². The fourth-order valence-electron chi connectivity index (χ4n) is 5.10. The number of carboxylic acid groups (broad SMARTS) is 1. The molecule has 4 rings (SSSR count). The van der Waals surface area contributed by atoms with Gasteiger partial charge in [-0.1, -0.05) is 68.7 Å². The molecule has 1 aliphatic heterocycles. The maximum Gasteiger partial charge on any atom is 0.336 e. The number of benzene rings is 2. The van der Waals surface area contributed by atoms with Gasteiger partial charge in [-0.05, 0) is 54.9 Å². The summed E-state index contributed by atoms with van der Waals surface area (Å²) in [5.74, 6) is 0.462. The SMILES string of the molecule is CCCCC1=N[C@](C)(C2CCCC2)C(=O)N1Cc1ccc(-c2ccccc2C(=O)O)cc1. The Morgan fingerprint density at radius 2 is 1.81 bits per heavy atom. The highest BCUT2D eigenvalue weighted by atomic mass is 16.4. The number of hydrogen-bond acceptors (Lipinski definition) is 3. The normalized spacial score (nSPS) is 21.2. The van der Waals surface area contributed by atoms with Crippen molar-refractivity contribution in [1.29, 1.82) is 0 Å². The van der Waals surface area contributed by atoms with Crippen molar-refractivity contribution in [2.24, 2.45) is 10.9 Å². The predicted octanol–water partition coefficient (Wildman–Crippen LogP) is 5.93. The van der Waals surface area contributed by atoms with Gasteiger partial charge in [0.25, 0.3) is 5.91 Å². The van der Waals surface area contributed by atoms with Crippen molar-refractivity contribution in [1.82, 2.24) is 4.90 Å². The van der Waals surface area contributed by atoms with E-state index in [-0.39, 0.29) is 11.5 Å². The minimum absolute atomic E-state index is 0.135. The number of carbonyl (C=O) groups excluding carboxylic acids is 1. The van der Waals surface area contributed by atoms with Crippen LogP contribution < -0.4 is 0 Å². The van der Waals surface area contributed by atoms with Crippen molar-refractivity contribution in [3.05, 3.63) is 59.7 Å². The summed E-state index contributed by atoms with van der Waals surface area (Å²) in [4.78, 5) is 32.0. The summed E-state index contributed by atoms with van der Waals surface area (Å²) >= 11 is 0. The van der Waals surface area contributed by atoms with Crippen LogP contribution in [0.25, 0.3) is 11.1 Å². The lowest BCUT2D eigenvalue weighted by atomic mass is 9.84. The first kappa shape index (κ1) is 22.3. The smallest absolute Gasteiger partial charge is 0.336 e. The second-order valence-corrected chi connectivity index (χ2v) is 9.20. The van der Waals surface area contributed by atoms with E-state index in [9.17, 15) is 14.7 Å². The average molecular weight is 433 g/mol. The third-order valence-electron chi connectivity index (χ3n) is 7.02. The van der Waals surface area contributed by atoms with E-state index in [1.807, 2.05) is 48.2 Å². The fourth-order valence-corrected chi connectivity index (χ4v) is 5.10. The second-order valence-electron chi connectivity index (χ2n) is 9.20. The zero-order valence-corrected chi connectivity index (χ0v) is 19.0. The zero-order chi connectivity index (χ0) is 22.7. The summed E-state index contributed by atoms with van der Waals surface area (Å²) in [6.07, 6.45) is 7.46. The van der Waals surface area contributed by atoms with Gasteiger partial charge in [-0.15, -0.1) is 0 Å². The molecule has 0 spiro atoms. The van der Waals surface area contributed by atoms with E-state index in [1.54, 1.807) is 12.1 Å². The molecule has 168 valence electrons. The van der Waals surface area contributed by atoms with Crippen molar-refractivity contribution in [2.75, 3.05) is 0 Å². The first-order valence-electron chi connectivity index (χ1n) is 11.8. The topological polar surface area (TPSA) is 70.0 Å². The lowest BCUT2D eigenvalue weighted by Gasteiger charge is -2.28. The molecule has 1 N–H and O–H groups in total. The zero-order valence-electron chi connectivity index (χ0n) is 19.0. The van der Waals surface area contributed by atoms with Crippen LogP contribution in [0.4, 0.5) is 0 Å². The minimum Gasteiger partial charge on any atom is -0.478 e. The van der Waals surface area contributed by atoms with Gasteiger partial charge >= 0.3 is 5.97 Å². The number of carbonyl (C=O) groups is 2. The van der Waals surface area contributed by atoms with Crippen LogP contribution in [0.5, 0.6) is 0 Å². The molecule has 1 atom stereocenters. The predicted molar refractivity (Wildman–Crippen MR) is 127 cm³/mol. The van der Waals surface area contributed by atoms with Crippen LogP contribution >= 0.6 is 0 Å². The van der Waals surface area contributed by atoms with E-state index in [4.69, 9.17) is 4.99 Å². The number of amides is 1. The van der Waals surface area contributed by atoms with Gasteiger partial charge in [0.2, 0.25) is 0 Å². The van der Waals surface area contributed by atoms with Gasteiger partial charge in [-0.25, -0.2) is 4.79 Å². The van der Waals surface area contributed by atoms with Gasteiger partial charge in [0.1, 0.15) is 11.4 Å². The maximum absolute atomic E-state index is 13.5. The van der Waals surface area contributed by atoms with Crippen molar-refractivity contribution in [2.45, 2.75) is 70.9 Å². The van der Waals surface area contributed by atoms with E-state index in [1.165, 1.54) is 12.8 Å². The van der Waals surface area contributed by atoms with Crippen molar-refractivity contribution in [3.63, 3.8) is 0 Å². The second kappa shape index (κ2) is 9.27. The van der Waals surface area contributed by atoms with E-state index in [0.717, 1.165) is 49.1 Å². The summed E-state index contributed by atoms with van der Waals surface area (Å²) in [5, 5.41) is 9.48. The highest BCUT2D eigenvalue weighted by Crippen LogP contribution is 2.41. The van der Waals surface area contributed by atoms with Gasteiger partial charge in [0, 0.05) is 6.42 Å². The van der Waals surface area contributed by atoms with Gasteiger partial charge in [0.05, 0.1) is 12.1 Å². The highest BCUT2D eigenvalue weighted by Gasteiger charge is 2.49. The molecule has 0 saturated heterocycles. The van der Waals surface area contributed by atoms with E-state index < -0.39 is 11.5 Å². The number of hydrogen-bond donors (Lipinski definition) is 1. The average Bonchev–Trinajstić information content (AvgIpc) is 3.43. The Morgan fingerprint density at radius 3 is 2.47 bits per heavy atom. The Hall–Kier alpha value is -2.95. The van der Waals surface area contributed by atoms with Crippen LogP contribution in [0, 0.1) is 5.92 Å². The molecule has 0 bridgehead atoms. The lowest BCUT2D eigenvalue weighted by Crippen LogP contribution is -2.44. The van der Waals surface area contributed by atoms with Crippen molar-refractivity contribution in [3.8, 4) is 11.1 Å². The molecule has 0 radical (unpaired) electrons. The number of amidine groups is 1. The van der Waals surface area contributed by atoms with Crippen molar-refractivity contribution >= 4 is 17.7 Å². The van der Waals surface area contributed by atoms with Crippen LogP contribution in [0.15, 0.2) is 53.5 Å². The Bertz CT molecular complexity index is 1020. The molecule has 5 nitrogen and oxygen atoms in total. The Morgan fingerprint density at radius 1 is 1.12 bits per heavy atom. The third-order valence-corrected chi connectivity index (χ3v) is 7.02. The molecule has 2 aromatic rings. The van der Waals surface area contributed by atoms with Crippen LogP contribution in [0.3, 0.4) is 0 Å². The number of unbranched alkanes of at least 4 members (excludes halogenated alkanes) is 1. The number of rotatable bonds is 8. The number of aromatic carboxylic acids is 1. The Balaban J connectivity index is 1.57. The minimum atomic E-state index is -0.935. The largest absolute Gasteiger partial charge is 0.478 e. The number of aliphatic imine (C=N–C) groups is 1. The maximum atomic E-state index is 13.5. The van der Waals surface area contributed by atoms with Crippen LogP contribution in [0.2, 0.25) is 0 Å². The lowest BCUT2D eigenvalue weighted by molar-refractivity contribution is -0.132. The van der Waals surface area contributed by atoms with Gasteiger partial charge in [0.15, 0.2) is 0 Å².